The summed E-state index contributed by atoms with van der Waals surface area (Å²) in [5.74, 6) is 1.83. The van der Waals surface area contributed by atoms with Gasteiger partial charge in [0.15, 0.2) is 6.23 Å². The second-order valence-corrected chi connectivity index (χ2v) is 4.94. The normalized spacial score (nSPS) is 30.7. The van der Waals surface area contributed by atoms with Crippen molar-refractivity contribution in [1.29, 1.82) is 0 Å². The Bertz CT molecular complexity index is 397. The highest BCUT2D eigenvalue weighted by Gasteiger charge is 2.43. The van der Waals surface area contributed by atoms with Crippen molar-refractivity contribution in [2.24, 2.45) is 0 Å². The van der Waals surface area contributed by atoms with Crippen molar-refractivity contribution >= 4 is 5.91 Å². The fraction of sp³-hybridized carbons (Fsp3) is 0.786. The van der Waals surface area contributed by atoms with Crippen LogP contribution in [0.1, 0.15) is 6.42 Å². The molecule has 1 aliphatic rings. The first-order valence-electron chi connectivity index (χ1n) is 7.20. The van der Waals surface area contributed by atoms with Gasteiger partial charge in [0.25, 0.3) is 0 Å². The number of rotatable bonds is 9. The highest BCUT2D eigenvalue weighted by atomic mass is 16.6. The summed E-state index contributed by atoms with van der Waals surface area (Å²) in [5.41, 5.74) is 0. The van der Waals surface area contributed by atoms with E-state index in [1.165, 1.54) is 0 Å². The summed E-state index contributed by atoms with van der Waals surface area (Å²) < 4.78 is 15.3. The van der Waals surface area contributed by atoms with Crippen LogP contribution in [0.2, 0.25) is 0 Å². The number of amides is 1. The minimum Gasteiger partial charge on any atom is -0.394 e. The fourth-order valence-corrected chi connectivity index (χ4v) is 1.97. The third kappa shape index (κ3) is 6.40. The molecule has 0 bridgehead atoms. The van der Waals surface area contributed by atoms with Gasteiger partial charge in [0.05, 0.1) is 32.8 Å². The Hall–Kier alpha value is -1.25. The lowest BCUT2D eigenvalue weighted by molar-refractivity contribution is -0.236. The molecule has 5 N–H and O–H groups in total. The fourth-order valence-electron chi connectivity index (χ4n) is 1.97. The van der Waals surface area contributed by atoms with Crippen molar-refractivity contribution in [1.82, 2.24) is 5.32 Å². The van der Waals surface area contributed by atoms with Crippen LogP contribution >= 0.6 is 0 Å². The Morgan fingerprint density at radius 2 is 1.83 bits per heavy atom. The van der Waals surface area contributed by atoms with Crippen LogP contribution in [0.15, 0.2) is 0 Å². The van der Waals surface area contributed by atoms with Crippen LogP contribution in [0.3, 0.4) is 0 Å². The zero-order valence-corrected chi connectivity index (χ0v) is 12.6. The van der Waals surface area contributed by atoms with Gasteiger partial charge in [-0.25, -0.2) is 0 Å². The highest BCUT2D eigenvalue weighted by molar-refractivity contribution is 5.76. The minimum absolute atomic E-state index is 0.00413. The van der Waals surface area contributed by atoms with E-state index >= 15 is 0 Å². The molecule has 1 amide bonds. The van der Waals surface area contributed by atoms with Crippen LogP contribution in [-0.2, 0) is 19.0 Å². The Labute approximate surface area is 134 Å². The predicted octanol–water partition coefficient (Wildman–Crippen LogP) is -3.04. The molecule has 0 aromatic heterocycles. The number of carbonyl (C=O) groups excluding carboxylic acids is 1. The summed E-state index contributed by atoms with van der Waals surface area (Å²) in [6.45, 7) is 0.370. The molecule has 5 atom stereocenters. The second-order valence-electron chi connectivity index (χ2n) is 4.94. The van der Waals surface area contributed by atoms with Crippen LogP contribution in [0.25, 0.3) is 0 Å². The van der Waals surface area contributed by atoms with Gasteiger partial charge in [-0.1, -0.05) is 5.92 Å². The average molecular weight is 333 g/mol. The van der Waals surface area contributed by atoms with Gasteiger partial charge in [-0.15, -0.1) is 6.42 Å². The number of aliphatic hydroxyl groups excluding tert-OH is 4. The molecule has 0 spiro atoms. The van der Waals surface area contributed by atoms with Crippen LogP contribution in [0, 0.1) is 12.3 Å². The van der Waals surface area contributed by atoms with Crippen LogP contribution in [-0.4, -0.2) is 90.0 Å². The monoisotopic (exact) mass is 333 g/mol. The van der Waals surface area contributed by atoms with Gasteiger partial charge in [-0.2, -0.15) is 0 Å². The second kappa shape index (κ2) is 10.5. The molecule has 0 aromatic rings. The molecule has 9 nitrogen and oxygen atoms in total. The molecule has 1 fully saturated rings. The third-order valence-electron chi connectivity index (χ3n) is 3.23. The molecule has 1 heterocycles. The van der Waals surface area contributed by atoms with Crippen molar-refractivity contribution in [2.45, 2.75) is 37.1 Å². The Morgan fingerprint density at radius 1 is 1.13 bits per heavy atom. The largest absolute Gasteiger partial charge is 0.394 e. The lowest BCUT2D eigenvalue weighted by Crippen LogP contribution is -2.63. The van der Waals surface area contributed by atoms with Gasteiger partial charge in [-0.05, 0) is 0 Å². The van der Waals surface area contributed by atoms with Crippen LogP contribution in [0.4, 0.5) is 0 Å². The van der Waals surface area contributed by atoms with Gasteiger partial charge in [0.1, 0.15) is 31.0 Å². The molecule has 9 heteroatoms. The topological polar surface area (TPSA) is 138 Å². The van der Waals surface area contributed by atoms with Crippen molar-refractivity contribution in [2.75, 3.05) is 33.0 Å². The summed E-state index contributed by atoms with van der Waals surface area (Å²) in [6, 6.07) is 0. The zero-order valence-electron chi connectivity index (χ0n) is 12.6. The quantitative estimate of drug-likeness (QED) is 0.222. The minimum atomic E-state index is -1.53. The van der Waals surface area contributed by atoms with E-state index in [-0.39, 0.29) is 26.2 Å². The lowest BCUT2D eigenvalue weighted by atomic mass is 9.98. The SMILES string of the molecule is C#CCOCCOCCC(=O)NC1OC(CO)C(O)C(O)C1O. The third-order valence-corrected chi connectivity index (χ3v) is 3.23. The van der Waals surface area contributed by atoms with E-state index in [9.17, 15) is 20.1 Å². The van der Waals surface area contributed by atoms with E-state index in [2.05, 4.69) is 11.2 Å². The average Bonchev–Trinajstić information content (AvgIpc) is 2.54. The van der Waals surface area contributed by atoms with Crippen molar-refractivity contribution in [3.05, 3.63) is 0 Å². The van der Waals surface area contributed by atoms with Gasteiger partial charge in [0, 0.05) is 0 Å². The summed E-state index contributed by atoms with van der Waals surface area (Å²) in [4.78, 5) is 11.7. The maximum Gasteiger partial charge on any atom is 0.224 e. The summed E-state index contributed by atoms with van der Waals surface area (Å²) in [5, 5.41) is 40.4. The van der Waals surface area contributed by atoms with Gasteiger partial charge >= 0.3 is 0 Å². The number of terminal acetylenes is 1. The number of nitrogens with one attached hydrogen (secondary N) is 1. The van der Waals surface area contributed by atoms with E-state index in [1.54, 1.807) is 0 Å². The van der Waals surface area contributed by atoms with E-state index in [4.69, 9.17) is 25.7 Å². The standard InChI is InChI=1S/C14H23NO8/c1-2-4-21-6-7-22-5-3-10(17)15-14-13(20)12(19)11(18)9(8-16)23-14/h1,9,11-14,16,18-20H,3-8H2,(H,15,17). The molecule has 5 unspecified atom stereocenters. The maximum atomic E-state index is 11.7. The van der Waals surface area contributed by atoms with E-state index in [0.717, 1.165) is 0 Å². The first-order valence-corrected chi connectivity index (χ1v) is 7.20. The van der Waals surface area contributed by atoms with E-state index < -0.39 is 43.2 Å². The number of hydrogen-bond donors (Lipinski definition) is 5. The lowest BCUT2D eigenvalue weighted by Gasteiger charge is -2.40. The van der Waals surface area contributed by atoms with Gasteiger partial charge < -0.3 is 40.0 Å². The van der Waals surface area contributed by atoms with E-state index in [0.29, 0.717) is 6.61 Å². The van der Waals surface area contributed by atoms with Gasteiger partial charge in [-0.3, -0.25) is 4.79 Å². The summed E-state index contributed by atoms with van der Waals surface area (Å²) in [7, 11) is 0. The molecule has 0 saturated carbocycles. The Kier molecular flexibility index (Phi) is 9.05. The molecule has 1 rings (SSSR count). The molecule has 0 radical (unpaired) electrons. The maximum absolute atomic E-state index is 11.7. The number of carbonyl (C=O) groups is 1. The van der Waals surface area contributed by atoms with E-state index in [1.807, 2.05) is 0 Å². The molecular formula is C14H23NO8. The van der Waals surface area contributed by atoms with Crippen molar-refractivity contribution in [3.8, 4) is 12.3 Å². The molecular weight excluding hydrogens is 310 g/mol. The predicted molar refractivity (Wildman–Crippen MR) is 77.0 cm³/mol. The molecule has 0 aromatic carbocycles. The highest BCUT2D eigenvalue weighted by Crippen LogP contribution is 2.19. The molecule has 132 valence electrons. The van der Waals surface area contributed by atoms with Crippen molar-refractivity contribution < 1.29 is 39.4 Å². The van der Waals surface area contributed by atoms with Gasteiger partial charge in [0.2, 0.25) is 5.91 Å². The van der Waals surface area contributed by atoms with Crippen LogP contribution in [0.5, 0.6) is 0 Å². The molecule has 1 saturated heterocycles. The van der Waals surface area contributed by atoms with Crippen LogP contribution < -0.4 is 5.32 Å². The molecule has 0 aliphatic carbocycles. The smallest absolute Gasteiger partial charge is 0.224 e. The molecule has 1 aliphatic heterocycles. The Balaban J connectivity index is 2.26. The van der Waals surface area contributed by atoms with Crippen molar-refractivity contribution in [3.63, 3.8) is 0 Å². The molecule has 23 heavy (non-hydrogen) atoms. The summed E-state index contributed by atoms with van der Waals surface area (Å²) >= 11 is 0. The number of aliphatic hydroxyl groups is 4. The number of ether oxygens (including phenoxy) is 3. The summed E-state index contributed by atoms with van der Waals surface area (Å²) in [6.07, 6.45) is -1.79. The Morgan fingerprint density at radius 3 is 2.48 bits per heavy atom. The first-order chi connectivity index (χ1) is 11.0. The first kappa shape index (κ1) is 19.8. The number of hydrogen-bond acceptors (Lipinski definition) is 8. The zero-order chi connectivity index (χ0) is 17.2.